The summed E-state index contributed by atoms with van der Waals surface area (Å²) in [5.41, 5.74) is 6.44. The van der Waals surface area contributed by atoms with Crippen molar-refractivity contribution in [2.45, 2.75) is 0 Å². The van der Waals surface area contributed by atoms with Gasteiger partial charge in [0.1, 0.15) is 0 Å². The van der Waals surface area contributed by atoms with E-state index >= 15 is 0 Å². The van der Waals surface area contributed by atoms with E-state index in [1.54, 1.807) is 18.2 Å². The Bertz CT molecular complexity index is 530. The average molecular weight is 203 g/mol. The predicted octanol–water partition coefficient (Wildman–Crippen LogP) is 1.14. The summed E-state index contributed by atoms with van der Waals surface area (Å²) in [4.78, 5) is 21.5. The van der Waals surface area contributed by atoms with Gasteiger partial charge < -0.3 is 11.1 Å². The number of benzene rings is 1. The molecule has 0 saturated heterocycles. The summed E-state index contributed by atoms with van der Waals surface area (Å²) >= 11 is 0. The highest BCUT2D eigenvalue weighted by atomic mass is 16.2. The molecule has 5 heteroatoms. The van der Waals surface area contributed by atoms with Crippen molar-refractivity contribution in [3.8, 4) is 0 Å². The summed E-state index contributed by atoms with van der Waals surface area (Å²) in [6, 6.07) is 6.61. The van der Waals surface area contributed by atoms with Crippen LogP contribution < -0.4 is 11.1 Å². The Morgan fingerprint density at radius 1 is 1.40 bits per heavy atom. The summed E-state index contributed by atoms with van der Waals surface area (Å²) in [5, 5.41) is 3.30. The van der Waals surface area contributed by atoms with Crippen molar-refractivity contribution >= 4 is 29.0 Å². The van der Waals surface area contributed by atoms with Gasteiger partial charge in [0.25, 0.3) is 0 Å². The van der Waals surface area contributed by atoms with Crippen LogP contribution in [0.15, 0.2) is 30.5 Å². The first-order valence-corrected chi connectivity index (χ1v) is 4.34. The largest absolute Gasteiger partial charge is 0.351 e. The van der Waals surface area contributed by atoms with Crippen LogP contribution in [0.3, 0.4) is 0 Å². The minimum atomic E-state index is -0.579. The number of hydrogen-bond donors (Lipinski definition) is 2. The van der Waals surface area contributed by atoms with Crippen LogP contribution in [-0.4, -0.2) is 17.0 Å². The second-order valence-corrected chi connectivity index (χ2v) is 3.03. The monoisotopic (exact) mass is 203 g/mol. The highest BCUT2D eigenvalue weighted by molar-refractivity contribution is 6.01. The lowest BCUT2D eigenvalue weighted by atomic mass is 10.2. The molecule has 0 bridgehead atoms. The lowest BCUT2D eigenvalue weighted by molar-refractivity contribution is -0.105. The second-order valence-electron chi connectivity index (χ2n) is 3.03. The normalized spacial score (nSPS) is 10.1. The quantitative estimate of drug-likeness (QED) is 0.718. The van der Waals surface area contributed by atoms with Crippen molar-refractivity contribution < 1.29 is 9.59 Å². The van der Waals surface area contributed by atoms with Crippen LogP contribution in [0.5, 0.6) is 0 Å². The minimum absolute atomic E-state index is 0.563. The zero-order valence-electron chi connectivity index (χ0n) is 7.81. The van der Waals surface area contributed by atoms with Crippen LogP contribution in [0.25, 0.3) is 10.9 Å². The van der Waals surface area contributed by atoms with Gasteiger partial charge in [-0.1, -0.05) is 18.2 Å². The van der Waals surface area contributed by atoms with Gasteiger partial charge in [-0.2, -0.15) is 0 Å². The molecule has 0 unspecified atom stereocenters. The van der Waals surface area contributed by atoms with Crippen LogP contribution in [0.2, 0.25) is 0 Å². The summed E-state index contributed by atoms with van der Waals surface area (Å²) in [6.07, 6.45) is 2.06. The Hall–Kier alpha value is -2.30. The molecule has 5 nitrogen and oxygen atoms in total. The maximum Gasteiger partial charge on any atom is 0.323 e. The molecule has 0 radical (unpaired) electrons. The van der Waals surface area contributed by atoms with Gasteiger partial charge in [0.05, 0.1) is 11.2 Å². The lowest BCUT2D eigenvalue weighted by Crippen LogP contribution is -2.18. The lowest BCUT2D eigenvalue weighted by Gasteiger charge is -1.96. The Kier molecular flexibility index (Phi) is 2.13. The van der Waals surface area contributed by atoms with Crippen LogP contribution >= 0.6 is 0 Å². The highest BCUT2D eigenvalue weighted by Crippen LogP contribution is 2.24. The van der Waals surface area contributed by atoms with Crippen molar-refractivity contribution in [1.82, 2.24) is 4.57 Å². The van der Waals surface area contributed by atoms with Crippen LogP contribution in [0.4, 0.5) is 10.5 Å². The Labute approximate surface area is 85.5 Å². The zero-order chi connectivity index (χ0) is 10.8. The third kappa shape index (κ3) is 1.43. The molecule has 1 aromatic carbocycles. The molecular formula is C10H9N3O2. The van der Waals surface area contributed by atoms with Crippen LogP contribution in [0, 0.1) is 0 Å². The van der Waals surface area contributed by atoms with Gasteiger partial charge in [-0.3, -0.25) is 9.36 Å². The first-order chi connectivity index (χ1) is 7.24. The number of nitrogens with two attached hydrogens (primary N) is 1. The summed E-state index contributed by atoms with van der Waals surface area (Å²) < 4.78 is 1.29. The molecule has 0 atom stereocenters. The van der Waals surface area contributed by atoms with E-state index in [4.69, 9.17) is 5.73 Å². The number of carbonyl (C=O) groups excluding carboxylic acids is 2. The van der Waals surface area contributed by atoms with E-state index in [9.17, 15) is 9.59 Å². The topological polar surface area (TPSA) is 77.1 Å². The number of aromatic nitrogens is 1. The molecule has 0 saturated carbocycles. The molecule has 0 aliphatic rings. The Balaban J connectivity index is 2.72. The zero-order valence-corrected chi connectivity index (χ0v) is 7.81. The van der Waals surface area contributed by atoms with E-state index in [0.29, 0.717) is 17.6 Å². The van der Waals surface area contributed by atoms with Crippen molar-refractivity contribution in [3.63, 3.8) is 0 Å². The van der Waals surface area contributed by atoms with E-state index < -0.39 is 6.03 Å². The van der Waals surface area contributed by atoms with Crippen LogP contribution in [-0.2, 0) is 4.79 Å². The first-order valence-electron chi connectivity index (χ1n) is 4.34. The third-order valence-electron chi connectivity index (χ3n) is 2.16. The smallest absolute Gasteiger partial charge is 0.323 e. The number of anilines is 1. The molecule has 1 aromatic heterocycles. The standard InChI is InChI=1S/C10H9N3O2/c11-10(15)13-5-8(12-6-14)7-3-1-2-4-9(7)13/h1-6H,(H2,11,15)(H,12,14). The van der Waals surface area contributed by atoms with Gasteiger partial charge in [0.15, 0.2) is 0 Å². The minimum Gasteiger partial charge on any atom is -0.351 e. The van der Waals surface area contributed by atoms with Gasteiger partial charge in [-0.15, -0.1) is 0 Å². The number of nitrogens with zero attached hydrogens (tertiary/aromatic N) is 1. The number of nitrogens with one attached hydrogen (secondary N) is 1. The molecule has 2 aromatic rings. The number of hydrogen-bond acceptors (Lipinski definition) is 2. The SMILES string of the molecule is NC(=O)n1cc(NC=O)c2ccccc21. The van der Waals surface area contributed by atoms with Gasteiger partial charge in [0, 0.05) is 11.6 Å². The first kappa shape index (κ1) is 9.26. The fraction of sp³-hybridized carbons (Fsp3) is 0. The summed E-state index contributed by atoms with van der Waals surface area (Å²) in [7, 11) is 0. The fourth-order valence-corrected chi connectivity index (χ4v) is 1.54. The maximum atomic E-state index is 11.1. The average Bonchev–Trinajstić information content (AvgIpc) is 2.59. The molecule has 0 aliphatic heterocycles. The van der Waals surface area contributed by atoms with Gasteiger partial charge in [-0.05, 0) is 6.07 Å². The number of fused-ring (bicyclic) bond motifs is 1. The number of rotatable bonds is 2. The predicted molar refractivity (Wildman–Crippen MR) is 56.6 cm³/mol. The van der Waals surface area contributed by atoms with Gasteiger partial charge >= 0.3 is 6.03 Å². The second kappa shape index (κ2) is 3.45. The Morgan fingerprint density at radius 3 is 2.80 bits per heavy atom. The van der Waals surface area contributed by atoms with Gasteiger partial charge in [0.2, 0.25) is 6.41 Å². The van der Waals surface area contributed by atoms with Crippen molar-refractivity contribution in [2.75, 3.05) is 5.32 Å². The van der Waals surface area contributed by atoms with E-state index in [0.717, 1.165) is 5.39 Å². The van der Waals surface area contributed by atoms with Crippen molar-refractivity contribution in [1.29, 1.82) is 0 Å². The molecule has 15 heavy (non-hydrogen) atoms. The number of primary amides is 1. The number of para-hydroxylation sites is 1. The molecule has 0 fully saturated rings. The highest BCUT2D eigenvalue weighted by Gasteiger charge is 2.09. The molecule has 76 valence electrons. The summed E-state index contributed by atoms with van der Waals surface area (Å²) in [6.45, 7) is 0. The van der Waals surface area contributed by atoms with Crippen molar-refractivity contribution in [2.24, 2.45) is 5.73 Å². The third-order valence-corrected chi connectivity index (χ3v) is 2.16. The molecule has 2 rings (SSSR count). The fourth-order valence-electron chi connectivity index (χ4n) is 1.54. The molecule has 0 spiro atoms. The molecular weight excluding hydrogens is 194 g/mol. The van der Waals surface area contributed by atoms with E-state index in [2.05, 4.69) is 5.32 Å². The van der Waals surface area contributed by atoms with Crippen molar-refractivity contribution in [3.05, 3.63) is 30.5 Å². The molecule has 3 N–H and O–H groups in total. The van der Waals surface area contributed by atoms with Gasteiger partial charge in [-0.25, -0.2) is 4.79 Å². The molecule has 0 aliphatic carbocycles. The van der Waals surface area contributed by atoms with E-state index in [1.165, 1.54) is 10.8 Å². The number of amides is 2. The number of carbonyl (C=O) groups is 2. The molecule has 2 amide bonds. The summed E-state index contributed by atoms with van der Waals surface area (Å²) in [5.74, 6) is 0. The molecule has 1 heterocycles. The van der Waals surface area contributed by atoms with E-state index in [-0.39, 0.29) is 0 Å². The van der Waals surface area contributed by atoms with E-state index in [1.807, 2.05) is 6.07 Å². The maximum absolute atomic E-state index is 11.1. The van der Waals surface area contributed by atoms with Crippen LogP contribution in [0.1, 0.15) is 0 Å². The Morgan fingerprint density at radius 2 is 2.13 bits per heavy atom.